The summed E-state index contributed by atoms with van der Waals surface area (Å²) in [7, 11) is 0. The first kappa shape index (κ1) is 14.9. The van der Waals surface area contributed by atoms with E-state index in [4.69, 9.17) is 11.5 Å². The Morgan fingerprint density at radius 3 is 2.56 bits per heavy atom. The number of amides is 1. The molecular formula is C12H22N2O2. The monoisotopic (exact) mass is 226 g/mol. The maximum atomic E-state index is 11.9. The van der Waals surface area contributed by atoms with Crippen LogP contribution in [0.4, 0.5) is 0 Å². The van der Waals surface area contributed by atoms with Gasteiger partial charge in [-0.25, -0.2) is 0 Å². The topological polar surface area (TPSA) is 52.6 Å². The third-order valence-electron chi connectivity index (χ3n) is 2.55. The summed E-state index contributed by atoms with van der Waals surface area (Å²) in [5, 5.41) is 11.8. The number of rotatable bonds is 8. The lowest BCUT2D eigenvalue weighted by molar-refractivity contribution is -0.133. The van der Waals surface area contributed by atoms with Crippen molar-refractivity contribution in [1.82, 2.24) is 10.2 Å². The first-order valence-electron chi connectivity index (χ1n) is 5.75. The predicted molar refractivity (Wildman–Crippen MR) is 64.9 cm³/mol. The van der Waals surface area contributed by atoms with Gasteiger partial charge in [-0.1, -0.05) is 19.8 Å². The van der Waals surface area contributed by atoms with Gasteiger partial charge in [-0.3, -0.25) is 10.1 Å². The number of hydrogen-bond donors (Lipinski definition) is 2. The molecule has 0 aromatic carbocycles. The standard InChI is InChI=1S/C12H22N2O2/c1-4-7-13-10-12(16)14(8-9-15)11(5-2)6-3/h1,11,13,15H,5-10H2,2-3H3. The summed E-state index contributed by atoms with van der Waals surface area (Å²) in [5.41, 5.74) is 0. The summed E-state index contributed by atoms with van der Waals surface area (Å²) in [5.74, 6) is 2.42. The average molecular weight is 226 g/mol. The zero-order valence-corrected chi connectivity index (χ0v) is 10.2. The fourth-order valence-corrected chi connectivity index (χ4v) is 1.69. The highest BCUT2D eigenvalue weighted by Gasteiger charge is 2.19. The third-order valence-corrected chi connectivity index (χ3v) is 2.55. The highest BCUT2D eigenvalue weighted by atomic mass is 16.3. The van der Waals surface area contributed by atoms with Gasteiger partial charge in [0.25, 0.3) is 0 Å². The Morgan fingerprint density at radius 2 is 2.12 bits per heavy atom. The van der Waals surface area contributed by atoms with Gasteiger partial charge in [0.1, 0.15) is 0 Å². The van der Waals surface area contributed by atoms with E-state index in [1.807, 2.05) is 13.8 Å². The van der Waals surface area contributed by atoms with Crippen molar-refractivity contribution in [3.8, 4) is 12.3 Å². The van der Waals surface area contributed by atoms with Crippen LogP contribution < -0.4 is 5.32 Å². The Labute approximate surface area is 98.0 Å². The van der Waals surface area contributed by atoms with Crippen LogP contribution in [0.2, 0.25) is 0 Å². The van der Waals surface area contributed by atoms with Gasteiger partial charge in [-0.15, -0.1) is 6.42 Å². The van der Waals surface area contributed by atoms with Crippen molar-refractivity contribution >= 4 is 5.91 Å². The summed E-state index contributed by atoms with van der Waals surface area (Å²) >= 11 is 0. The lowest BCUT2D eigenvalue weighted by Crippen LogP contribution is -2.45. The number of aliphatic hydroxyl groups is 1. The summed E-state index contributed by atoms with van der Waals surface area (Å²) in [6, 6.07) is 0.201. The minimum atomic E-state index is -0.00260. The molecule has 4 nitrogen and oxygen atoms in total. The molecule has 0 aliphatic carbocycles. The van der Waals surface area contributed by atoms with Crippen LogP contribution in [0, 0.1) is 12.3 Å². The number of nitrogens with zero attached hydrogens (tertiary/aromatic N) is 1. The summed E-state index contributed by atoms with van der Waals surface area (Å²) in [4.78, 5) is 13.6. The number of carbonyl (C=O) groups excluding carboxylic acids is 1. The molecule has 1 amide bonds. The molecule has 0 bridgehead atoms. The molecule has 0 saturated carbocycles. The molecule has 0 unspecified atom stereocenters. The number of terminal acetylenes is 1. The quantitative estimate of drug-likeness (QED) is 0.460. The van der Waals surface area contributed by atoms with Gasteiger partial charge in [0, 0.05) is 12.6 Å². The van der Waals surface area contributed by atoms with Gasteiger partial charge in [-0.05, 0) is 12.8 Å². The molecule has 4 heteroatoms. The molecule has 0 aliphatic rings. The number of aliphatic hydroxyl groups excluding tert-OH is 1. The second-order valence-corrected chi connectivity index (χ2v) is 3.59. The Hall–Kier alpha value is -1.05. The number of hydrogen-bond acceptors (Lipinski definition) is 3. The first-order valence-corrected chi connectivity index (χ1v) is 5.75. The second kappa shape index (κ2) is 9.20. The predicted octanol–water partition coefficient (Wildman–Crippen LogP) is 0.219. The average Bonchev–Trinajstić information content (AvgIpc) is 2.29. The van der Waals surface area contributed by atoms with Crippen LogP contribution in [0.5, 0.6) is 0 Å². The van der Waals surface area contributed by atoms with E-state index in [0.717, 1.165) is 12.8 Å². The van der Waals surface area contributed by atoms with Crippen LogP contribution in [0.1, 0.15) is 26.7 Å². The van der Waals surface area contributed by atoms with Crippen LogP contribution >= 0.6 is 0 Å². The third kappa shape index (κ3) is 5.15. The SMILES string of the molecule is C#CCNCC(=O)N(CCO)C(CC)CC. The maximum Gasteiger partial charge on any atom is 0.236 e. The van der Waals surface area contributed by atoms with Crippen LogP contribution in [-0.2, 0) is 4.79 Å². The fourth-order valence-electron chi connectivity index (χ4n) is 1.69. The van der Waals surface area contributed by atoms with E-state index in [2.05, 4.69) is 11.2 Å². The Balaban J connectivity index is 4.28. The van der Waals surface area contributed by atoms with Crippen molar-refractivity contribution in [2.45, 2.75) is 32.7 Å². The molecule has 92 valence electrons. The van der Waals surface area contributed by atoms with Crippen LogP contribution in [0.3, 0.4) is 0 Å². The zero-order valence-electron chi connectivity index (χ0n) is 10.2. The summed E-state index contributed by atoms with van der Waals surface area (Å²) in [6.07, 6.45) is 6.88. The Morgan fingerprint density at radius 1 is 1.50 bits per heavy atom. The molecule has 0 rings (SSSR count). The van der Waals surface area contributed by atoms with Crippen LogP contribution in [0.25, 0.3) is 0 Å². The molecule has 0 aliphatic heterocycles. The van der Waals surface area contributed by atoms with Gasteiger partial charge in [0.05, 0.1) is 19.7 Å². The van der Waals surface area contributed by atoms with Crippen molar-refractivity contribution < 1.29 is 9.90 Å². The van der Waals surface area contributed by atoms with Gasteiger partial charge in [0.2, 0.25) is 5.91 Å². The molecule has 2 N–H and O–H groups in total. The van der Waals surface area contributed by atoms with E-state index in [0.29, 0.717) is 13.1 Å². The summed E-state index contributed by atoms with van der Waals surface area (Å²) < 4.78 is 0. The van der Waals surface area contributed by atoms with E-state index in [1.165, 1.54) is 0 Å². The van der Waals surface area contributed by atoms with Gasteiger partial charge < -0.3 is 10.0 Å². The number of nitrogens with one attached hydrogen (secondary N) is 1. The second-order valence-electron chi connectivity index (χ2n) is 3.59. The Bertz CT molecular complexity index is 232. The van der Waals surface area contributed by atoms with Crippen molar-refractivity contribution in [2.24, 2.45) is 0 Å². The molecule has 0 saturated heterocycles. The Kier molecular flexibility index (Phi) is 8.59. The van der Waals surface area contributed by atoms with Gasteiger partial charge in [0.15, 0.2) is 0 Å². The van der Waals surface area contributed by atoms with Gasteiger partial charge in [-0.2, -0.15) is 0 Å². The van der Waals surface area contributed by atoms with Crippen molar-refractivity contribution in [3.05, 3.63) is 0 Å². The van der Waals surface area contributed by atoms with Crippen molar-refractivity contribution in [2.75, 3.05) is 26.2 Å². The lowest BCUT2D eigenvalue weighted by atomic mass is 10.1. The van der Waals surface area contributed by atoms with E-state index < -0.39 is 0 Å². The molecular weight excluding hydrogens is 204 g/mol. The van der Waals surface area contributed by atoms with Crippen molar-refractivity contribution in [3.63, 3.8) is 0 Å². The zero-order chi connectivity index (χ0) is 12.4. The first-order chi connectivity index (χ1) is 7.71. The van der Waals surface area contributed by atoms with Crippen LogP contribution in [0.15, 0.2) is 0 Å². The van der Waals surface area contributed by atoms with E-state index in [9.17, 15) is 4.79 Å². The highest BCUT2D eigenvalue weighted by molar-refractivity contribution is 5.78. The van der Waals surface area contributed by atoms with Crippen LogP contribution in [-0.4, -0.2) is 48.2 Å². The molecule has 0 heterocycles. The number of carbonyl (C=O) groups is 1. The minimum absolute atomic E-state index is 0.00185. The largest absolute Gasteiger partial charge is 0.395 e. The molecule has 0 fully saturated rings. The van der Waals surface area contributed by atoms with Gasteiger partial charge >= 0.3 is 0 Å². The molecule has 0 aromatic heterocycles. The molecule has 0 aromatic rings. The van der Waals surface area contributed by atoms with E-state index >= 15 is 0 Å². The fraction of sp³-hybridized carbons (Fsp3) is 0.750. The molecule has 0 atom stereocenters. The smallest absolute Gasteiger partial charge is 0.236 e. The van der Waals surface area contributed by atoms with Crippen molar-refractivity contribution in [1.29, 1.82) is 0 Å². The molecule has 16 heavy (non-hydrogen) atoms. The highest BCUT2D eigenvalue weighted by Crippen LogP contribution is 2.08. The van der Waals surface area contributed by atoms with E-state index in [1.54, 1.807) is 4.90 Å². The molecule has 0 radical (unpaired) electrons. The van der Waals surface area contributed by atoms with E-state index in [-0.39, 0.29) is 25.1 Å². The maximum absolute atomic E-state index is 11.9. The molecule has 0 spiro atoms. The lowest BCUT2D eigenvalue weighted by Gasteiger charge is -2.30. The minimum Gasteiger partial charge on any atom is -0.395 e. The summed E-state index contributed by atoms with van der Waals surface area (Å²) in [6.45, 7) is 5.10. The normalized spacial score (nSPS) is 10.2.